The number of benzene rings is 2. The smallest absolute Gasteiger partial charge is 0.242 e. The number of carbonyl (C=O) groups is 1. The molecule has 5 rings (SSSR count). The van der Waals surface area contributed by atoms with Gasteiger partial charge in [-0.1, -0.05) is 78.8 Å². The molecule has 3 fully saturated rings. The predicted molar refractivity (Wildman–Crippen MR) is 119 cm³/mol. The topological polar surface area (TPSA) is 45.0 Å². The second-order valence-corrected chi connectivity index (χ2v) is 9.45. The molecule has 148 valence electrons. The molecule has 0 unspecified atom stereocenters. The third kappa shape index (κ3) is 3.88. The van der Waals surface area contributed by atoms with Crippen molar-refractivity contribution in [3.8, 4) is 0 Å². The Bertz CT molecular complexity index is 928. The van der Waals surface area contributed by atoms with E-state index in [-0.39, 0.29) is 11.2 Å². The minimum absolute atomic E-state index is 0.109. The average molecular weight is 404 g/mol. The van der Waals surface area contributed by atoms with Crippen LogP contribution in [0.25, 0.3) is 0 Å². The summed E-state index contributed by atoms with van der Waals surface area (Å²) in [6.07, 6.45) is 7.46. The Labute approximate surface area is 176 Å². The minimum Gasteiger partial charge on any atom is -0.285 e. The maximum atomic E-state index is 13.4. The summed E-state index contributed by atoms with van der Waals surface area (Å²) < 4.78 is 0. The van der Waals surface area contributed by atoms with Gasteiger partial charge in [-0.2, -0.15) is 5.10 Å². The van der Waals surface area contributed by atoms with Crippen LogP contribution < -0.4 is 0 Å². The Balaban J connectivity index is 1.39. The van der Waals surface area contributed by atoms with Gasteiger partial charge in [0, 0.05) is 6.04 Å². The van der Waals surface area contributed by atoms with Crippen LogP contribution in [0.4, 0.5) is 0 Å². The van der Waals surface area contributed by atoms with E-state index in [4.69, 9.17) is 0 Å². The fraction of sp³-hybridized carbons (Fsp3) is 0.375. The lowest BCUT2D eigenvalue weighted by Crippen LogP contribution is -2.44. The SMILES string of the molecule is O=C1[C@@H](Cc2ccccc2)S/C(=N/N=C\c2ccccc2)N1[C@@H]1C[C@H]2CC[C@H]1C2. The molecule has 4 atom stereocenters. The number of thioether (sulfide) groups is 1. The number of fused-ring (bicyclic) bond motifs is 2. The highest BCUT2D eigenvalue weighted by atomic mass is 32.2. The van der Waals surface area contributed by atoms with Crippen molar-refractivity contribution in [2.75, 3.05) is 0 Å². The second kappa shape index (κ2) is 8.15. The molecule has 2 aromatic carbocycles. The first-order valence-corrected chi connectivity index (χ1v) is 11.4. The summed E-state index contributed by atoms with van der Waals surface area (Å²) in [5, 5.41) is 9.53. The van der Waals surface area contributed by atoms with Crippen LogP contribution >= 0.6 is 11.8 Å². The van der Waals surface area contributed by atoms with Crippen molar-refractivity contribution in [2.24, 2.45) is 22.0 Å². The Hall–Kier alpha value is -2.40. The van der Waals surface area contributed by atoms with Crippen molar-refractivity contribution in [2.45, 2.75) is 43.4 Å². The van der Waals surface area contributed by atoms with Crippen LogP contribution in [0.2, 0.25) is 0 Å². The summed E-state index contributed by atoms with van der Waals surface area (Å²) in [5.41, 5.74) is 2.21. The van der Waals surface area contributed by atoms with Crippen LogP contribution in [0.1, 0.15) is 36.8 Å². The van der Waals surface area contributed by atoms with Gasteiger partial charge >= 0.3 is 0 Å². The van der Waals surface area contributed by atoms with Crippen molar-refractivity contribution in [1.82, 2.24) is 4.90 Å². The number of amidine groups is 1. The van der Waals surface area contributed by atoms with E-state index in [9.17, 15) is 4.79 Å². The molecule has 4 nitrogen and oxygen atoms in total. The fourth-order valence-corrected chi connectivity index (χ4v) is 6.21. The third-order valence-electron chi connectivity index (χ3n) is 6.41. The molecule has 2 aromatic rings. The molecule has 1 heterocycles. The molecule has 2 aliphatic carbocycles. The maximum absolute atomic E-state index is 13.4. The molecule has 0 aromatic heterocycles. The summed E-state index contributed by atoms with van der Waals surface area (Å²) in [5.74, 6) is 1.62. The van der Waals surface area contributed by atoms with E-state index in [1.54, 1.807) is 18.0 Å². The highest BCUT2D eigenvalue weighted by Gasteiger charge is 2.49. The van der Waals surface area contributed by atoms with E-state index in [1.807, 2.05) is 53.4 Å². The van der Waals surface area contributed by atoms with Crippen LogP contribution in [0.5, 0.6) is 0 Å². The summed E-state index contributed by atoms with van der Waals surface area (Å²) in [7, 11) is 0. The quantitative estimate of drug-likeness (QED) is 0.534. The largest absolute Gasteiger partial charge is 0.285 e. The van der Waals surface area contributed by atoms with Crippen LogP contribution in [-0.2, 0) is 11.2 Å². The molecular formula is C24H25N3OS. The molecular weight excluding hydrogens is 378 g/mol. The van der Waals surface area contributed by atoms with Gasteiger partial charge in [0.05, 0.1) is 11.5 Å². The van der Waals surface area contributed by atoms with Gasteiger partial charge in [-0.25, -0.2) is 0 Å². The number of rotatable bonds is 5. The van der Waals surface area contributed by atoms with Crippen molar-refractivity contribution in [3.05, 3.63) is 71.8 Å². The van der Waals surface area contributed by atoms with Gasteiger partial charge in [0.2, 0.25) is 5.91 Å². The summed E-state index contributed by atoms with van der Waals surface area (Å²) in [6.45, 7) is 0. The lowest BCUT2D eigenvalue weighted by molar-refractivity contribution is -0.128. The molecule has 1 aliphatic heterocycles. The first kappa shape index (κ1) is 18.6. The van der Waals surface area contributed by atoms with E-state index in [1.165, 1.54) is 24.8 Å². The van der Waals surface area contributed by atoms with Gasteiger partial charge in [0.1, 0.15) is 0 Å². The van der Waals surface area contributed by atoms with Crippen LogP contribution in [-0.4, -0.2) is 33.5 Å². The first-order chi connectivity index (χ1) is 14.3. The predicted octanol–water partition coefficient (Wildman–Crippen LogP) is 4.75. The molecule has 1 amide bonds. The highest BCUT2D eigenvalue weighted by molar-refractivity contribution is 8.15. The number of carbonyl (C=O) groups excluding carboxylic acids is 1. The normalized spacial score (nSPS) is 30.1. The van der Waals surface area contributed by atoms with E-state index in [2.05, 4.69) is 22.3 Å². The van der Waals surface area contributed by atoms with Crippen LogP contribution in [0.15, 0.2) is 70.9 Å². The van der Waals surface area contributed by atoms with Gasteiger partial charge in [-0.3, -0.25) is 9.69 Å². The Morgan fingerprint density at radius 2 is 1.76 bits per heavy atom. The van der Waals surface area contributed by atoms with E-state index in [0.29, 0.717) is 12.0 Å². The van der Waals surface area contributed by atoms with E-state index >= 15 is 0 Å². The van der Waals surface area contributed by atoms with Crippen LogP contribution in [0.3, 0.4) is 0 Å². The first-order valence-electron chi connectivity index (χ1n) is 10.5. The summed E-state index contributed by atoms with van der Waals surface area (Å²) in [4.78, 5) is 15.4. The van der Waals surface area contributed by atoms with E-state index < -0.39 is 0 Å². The zero-order chi connectivity index (χ0) is 19.6. The Morgan fingerprint density at radius 3 is 2.45 bits per heavy atom. The molecule has 29 heavy (non-hydrogen) atoms. The zero-order valence-corrected chi connectivity index (χ0v) is 17.2. The molecule has 0 N–H and O–H groups in total. The monoisotopic (exact) mass is 403 g/mol. The van der Waals surface area contributed by atoms with Gasteiger partial charge in [-0.15, -0.1) is 5.10 Å². The minimum atomic E-state index is -0.109. The van der Waals surface area contributed by atoms with Crippen molar-refractivity contribution >= 4 is 29.1 Å². The lowest BCUT2D eigenvalue weighted by atomic mass is 9.94. The van der Waals surface area contributed by atoms with Gasteiger partial charge in [0.15, 0.2) is 5.17 Å². The average Bonchev–Trinajstić information content (AvgIpc) is 3.45. The van der Waals surface area contributed by atoms with Gasteiger partial charge in [0.25, 0.3) is 0 Å². The molecule has 2 bridgehead atoms. The van der Waals surface area contributed by atoms with Crippen molar-refractivity contribution in [3.63, 3.8) is 0 Å². The number of amides is 1. The Kier molecular flexibility index (Phi) is 5.23. The zero-order valence-electron chi connectivity index (χ0n) is 16.4. The number of hydrogen-bond acceptors (Lipinski definition) is 4. The van der Waals surface area contributed by atoms with Crippen molar-refractivity contribution < 1.29 is 4.79 Å². The Morgan fingerprint density at radius 1 is 1.00 bits per heavy atom. The fourth-order valence-electron chi connectivity index (χ4n) is 5.03. The lowest BCUT2D eigenvalue weighted by Gasteiger charge is -2.30. The molecule has 1 saturated heterocycles. The third-order valence-corrected chi connectivity index (χ3v) is 7.55. The van der Waals surface area contributed by atoms with Crippen LogP contribution in [0, 0.1) is 11.8 Å². The van der Waals surface area contributed by atoms with Gasteiger partial charge < -0.3 is 0 Å². The number of hydrogen-bond donors (Lipinski definition) is 0. The second-order valence-electron chi connectivity index (χ2n) is 8.28. The maximum Gasteiger partial charge on any atom is 0.242 e. The molecule has 2 saturated carbocycles. The molecule has 0 spiro atoms. The standard InChI is InChI=1S/C24H25N3OS/c28-23-22(15-17-7-3-1-4-8-17)29-24(26-25-16-18-9-5-2-6-10-18)27(23)21-14-19-11-12-20(21)13-19/h1-10,16,19-22H,11-15H2/b25-16-,26-24+/t19-,20-,21+,22+/m0/s1. The summed E-state index contributed by atoms with van der Waals surface area (Å²) >= 11 is 1.58. The van der Waals surface area contributed by atoms with Gasteiger partial charge in [-0.05, 0) is 48.6 Å². The highest BCUT2D eigenvalue weighted by Crippen LogP contribution is 2.49. The number of nitrogens with zero attached hydrogens (tertiary/aromatic N) is 3. The molecule has 3 aliphatic rings. The summed E-state index contributed by atoms with van der Waals surface area (Å²) in [6, 6.07) is 20.5. The van der Waals surface area contributed by atoms with E-state index in [0.717, 1.165) is 29.5 Å². The van der Waals surface area contributed by atoms with Crippen molar-refractivity contribution in [1.29, 1.82) is 0 Å². The molecule has 0 radical (unpaired) electrons. The molecule has 5 heteroatoms.